The highest BCUT2D eigenvalue weighted by Crippen LogP contribution is 2.30. The fourth-order valence-corrected chi connectivity index (χ4v) is 3.15. The lowest BCUT2D eigenvalue weighted by Gasteiger charge is -2.08. The molecule has 1 unspecified atom stereocenters. The number of rotatable bonds is 11. The maximum atomic E-state index is 12.3. The van der Waals surface area contributed by atoms with Crippen LogP contribution in [0.5, 0.6) is 0 Å². The minimum atomic E-state index is -0.427. The van der Waals surface area contributed by atoms with Crippen LogP contribution >= 0.6 is 0 Å². The molecule has 7 heteroatoms. The van der Waals surface area contributed by atoms with E-state index in [-0.39, 0.29) is 18.8 Å². The third-order valence-electron chi connectivity index (χ3n) is 4.85. The van der Waals surface area contributed by atoms with E-state index >= 15 is 0 Å². The predicted octanol–water partition coefficient (Wildman–Crippen LogP) is 2.10. The highest BCUT2D eigenvalue weighted by Gasteiger charge is 2.28. The number of hydrogen-bond acceptors (Lipinski definition) is 6. The number of carbonyl (C=O) groups excluding carboxylic acids is 1. The number of anilines is 1. The second-order valence-electron chi connectivity index (χ2n) is 7.17. The minimum absolute atomic E-state index is 0.0184. The Balaban J connectivity index is 1.53. The molecule has 0 aromatic heterocycles. The van der Waals surface area contributed by atoms with E-state index in [2.05, 4.69) is 35.3 Å². The fourth-order valence-electron chi connectivity index (χ4n) is 3.15. The van der Waals surface area contributed by atoms with Gasteiger partial charge in [0.15, 0.2) is 0 Å². The molecule has 1 amide bonds. The quantitative estimate of drug-likeness (QED) is 0.255. The van der Waals surface area contributed by atoms with E-state index in [0.29, 0.717) is 32.4 Å². The Labute approximate surface area is 176 Å². The molecule has 0 aliphatic carbocycles. The molecule has 2 aromatic carbocycles. The number of nitrogens with zero attached hydrogens (tertiary/aromatic N) is 2. The van der Waals surface area contributed by atoms with Crippen LogP contribution in [0.25, 0.3) is 16.8 Å². The predicted molar refractivity (Wildman–Crippen MR) is 116 cm³/mol. The molecule has 3 rings (SSSR count). The minimum Gasteiger partial charge on any atom is -0.394 e. The number of carbonyl (C=O) groups is 1. The van der Waals surface area contributed by atoms with Crippen LogP contribution in [0.4, 0.5) is 5.69 Å². The molecule has 2 N–H and O–H groups in total. The van der Waals surface area contributed by atoms with E-state index in [4.69, 9.17) is 14.6 Å². The number of nitrogens with one attached hydrogen (secondary N) is 1. The van der Waals surface area contributed by atoms with Gasteiger partial charge in [0.25, 0.3) is 5.91 Å². The first-order valence-corrected chi connectivity index (χ1v) is 10.1. The largest absolute Gasteiger partial charge is 0.394 e. The van der Waals surface area contributed by atoms with Crippen LogP contribution in [-0.4, -0.2) is 63.2 Å². The molecule has 0 saturated carbocycles. The highest BCUT2D eigenvalue weighted by atomic mass is 16.5. The van der Waals surface area contributed by atoms with Crippen LogP contribution in [0, 0.1) is 11.3 Å². The van der Waals surface area contributed by atoms with Gasteiger partial charge in [-0.1, -0.05) is 18.2 Å². The molecular formula is C23H27N3O4. The van der Waals surface area contributed by atoms with Crippen molar-refractivity contribution in [3.63, 3.8) is 0 Å². The van der Waals surface area contributed by atoms with Gasteiger partial charge in [0, 0.05) is 24.8 Å². The van der Waals surface area contributed by atoms with Crippen molar-refractivity contribution in [2.75, 3.05) is 51.0 Å². The topological polar surface area (TPSA) is 94.6 Å². The summed E-state index contributed by atoms with van der Waals surface area (Å²) in [7, 11) is 0. The number of hydrogen-bond donors (Lipinski definition) is 2. The maximum Gasteiger partial charge on any atom is 0.262 e. The van der Waals surface area contributed by atoms with Crippen molar-refractivity contribution in [2.45, 2.75) is 13.0 Å². The zero-order chi connectivity index (χ0) is 21.3. The van der Waals surface area contributed by atoms with E-state index < -0.39 is 5.91 Å². The van der Waals surface area contributed by atoms with Gasteiger partial charge >= 0.3 is 0 Å². The van der Waals surface area contributed by atoms with Crippen molar-refractivity contribution < 1.29 is 19.4 Å². The van der Waals surface area contributed by atoms with Gasteiger partial charge in [0.2, 0.25) is 0 Å². The number of amides is 1. The summed E-state index contributed by atoms with van der Waals surface area (Å²) in [6.45, 7) is 4.94. The first kappa shape index (κ1) is 21.8. The van der Waals surface area contributed by atoms with E-state index in [0.717, 1.165) is 22.9 Å². The van der Waals surface area contributed by atoms with Crippen molar-refractivity contribution in [3.8, 4) is 6.07 Å². The van der Waals surface area contributed by atoms with Gasteiger partial charge in [-0.05, 0) is 47.5 Å². The van der Waals surface area contributed by atoms with E-state index in [1.165, 1.54) is 5.69 Å². The lowest BCUT2D eigenvalue weighted by Crippen LogP contribution is -2.28. The summed E-state index contributed by atoms with van der Waals surface area (Å²) >= 11 is 0. The lowest BCUT2D eigenvalue weighted by molar-refractivity contribution is -0.117. The summed E-state index contributed by atoms with van der Waals surface area (Å²) < 4.78 is 10.4. The average Bonchev–Trinajstić information content (AvgIpc) is 3.49. The third kappa shape index (κ3) is 6.04. The van der Waals surface area contributed by atoms with Gasteiger partial charge < -0.3 is 24.8 Å². The van der Waals surface area contributed by atoms with Gasteiger partial charge in [-0.25, -0.2) is 0 Å². The van der Waals surface area contributed by atoms with Crippen LogP contribution in [0.2, 0.25) is 0 Å². The Morgan fingerprint density at radius 1 is 1.20 bits per heavy atom. The molecule has 158 valence electrons. The molecule has 2 aromatic rings. The van der Waals surface area contributed by atoms with E-state index in [9.17, 15) is 10.1 Å². The monoisotopic (exact) mass is 409 g/mol. The molecular weight excluding hydrogens is 382 g/mol. The van der Waals surface area contributed by atoms with Crippen LogP contribution < -0.4 is 10.2 Å². The van der Waals surface area contributed by atoms with E-state index in [1.807, 2.05) is 24.3 Å². The number of fused-ring (bicyclic) bond motifs is 1. The normalized spacial score (nSPS) is 15.8. The second-order valence-corrected chi connectivity index (χ2v) is 7.17. The molecule has 0 bridgehead atoms. The third-order valence-corrected chi connectivity index (χ3v) is 4.85. The Bertz CT molecular complexity index is 951. The number of aliphatic hydroxyl groups is 1. The van der Waals surface area contributed by atoms with Crippen molar-refractivity contribution in [2.24, 2.45) is 0 Å². The summed E-state index contributed by atoms with van der Waals surface area (Å²) in [5.41, 5.74) is 2.08. The van der Waals surface area contributed by atoms with Gasteiger partial charge in [0.1, 0.15) is 11.6 Å². The molecule has 7 nitrogen and oxygen atoms in total. The smallest absolute Gasteiger partial charge is 0.262 e. The molecule has 1 aliphatic rings. The second kappa shape index (κ2) is 10.7. The van der Waals surface area contributed by atoms with Gasteiger partial charge in [0.05, 0.1) is 33.0 Å². The summed E-state index contributed by atoms with van der Waals surface area (Å²) in [5, 5.41) is 22.8. The van der Waals surface area contributed by atoms with Crippen LogP contribution in [0.3, 0.4) is 0 Å². The number of nitriles is 1. The van der Waals surface area contributed by atoms with Crippen LogP contribution in [-0.2, 0) is 14.3 Å². The Kier molecular flexibility index (Phi) is 7.80. The van der Waals surface area contributed by atoms with Gasteiger partial charge in [-0.3, -0.25) is 4.79 Å². The summed E-state index contributed by atoms with van der Waals surface area (Å²) in [6, 6.07) is 14.8. The summed E-state index contributed by atoms with van der Waals surface area (Å²) in [5.74, 6) is -0.427. The van der Waals surface area contributed by atoms with Crippen LogP contribution in [0.1, 0.15) is 12.5 Å². The highest BCUT2D eigenvalue weighted by molar-refractivity contribution is 6.02. The van der Waals surface area contributed by atoms with E-state index in [1.54, 1.807) is 6.08 Å². The molecule has 1 fully saturated rings. The summed E-state index contributed by atoms with van der Waals surface area (Å²) in [6.07, 6.45) is 1.60. The number of aliphatic hydroxyl groups excluding tert-OH is 1. The SMILES string of the molecule is CC1CN1c1ccc2cc(/C=C(\C#N)C(=O)NCCOCCOCCO)ccc2c1. The fraction of sp³-hybridized carbons (Fsp3) is 0.391. The maximum absolute atomic E-state index is 12.3. The molecule has 1 atom stereocenters. The molecule has 30 heavy (non-hydrogen) atoms. The van der Waals surface area contributed by atoms with Gasteiger partial charge in [-0.15, -0.1) is 0 Å². The zero-order valence-corrected chi connectivity index (χ0v) is 17.1. The molecule has 1 heterocycles. The number of benzene rings is 2. The Hall–Kier alpha value is -2.92. The van der Waals surface area contributed by atoms with Crippen molar-refractivity contribution in [3.05, 3.63) is 47.5 Å². The standard InChI is InChI=1S/C23H27N3O4/c1-17-16-26(17)22-5-4-19-12-18(2-3-20(19)14-22)13-21(15-24)23(28)25-6-8-29-10-11-30-9-7-27/h2-5,12-14,17,27H,6-11,16H2,1H3,(H,25,28)/b21-13+. The Morgan fingerprint density at radius 2 is 1.90 bits per heavy atom. The Morgan fingerprint density at radius 3 is 2.60 bits per heavy atom. The molecule has 0 radical (unpaired) electrons. The summed E-state index contributed by atoms with van der Waals surface area (Å²) in [4.78, 5) is 14.6. The first-order valence-electron chi connectivity index (χ1n) is 10.1. The van der Waals surface area contributed by atoms with Crippen molar-refractivity contribution >= 4 is 28.4 Å². The van der Waals surface area contributed by atoms with Crippen molar-refractivity contribution in [1.29, 1.82) is 5.26 Å². The molecule has 0 spiro atoms. The van der Waals surface area contributed by atoms with Crippen LogP contribution in [0.15, 0.2) is 42.0 Å². The first-order chi connectivity index (χ1) is 14.6. The lowest BCUT2D eigenvalue weighted by atomic mass is 10.0. The van der Waals surface area contributed by atoms with Gasteiger partial charge in [-0.2, -0.15) is 5.26 Å². The number of ether oxygens (including phenoxy) is 2. The zero-order valence-electron chi connectivity index (χ0n) is 17.1. The molecule has 1 aliphatic heterocycles. The molecule has 1 saturated heterocycles. The average molecular weight is 409 g/mol. The van der Waals surface area contributed by atoms with Crippen molar-refractivity contribution in [1.82, 2.24) is 5.32 Å².